The molecule has 6 heteroatoms. The lowest BCUT2D eigenvalue weighted by molar-refractivity contribution is 0.566. The summed E-state index contributed by atoms with van der Waals surface area (Å²) < 4.78 is 31.2. The van der Waals surface area contributed by atoms with Crippen molar-refractivity contribution in [1.82, 2.24) is 0 Å². The van der Waals surface area contributed by atoms with Gasteiger partial charge in [-0.15, -0.1) is 0 Å². The lowest BCUT2D eigenvalue weighted by Gasteiger charge is -2.05. The van der Waals surface area contributed by atoms with Gasteiger partial charge in [0, 0.05) is 4.47 Å². The van der Waals surface area contributed by atoms with Crippen molar-refractivity contribution in [2.75, 3.05) is 0 Å². The Bertz CT molecular complexity index is 1020. The van der Waals surface area contributed by atoms with Gasteiger partial charge in [0.05, 0.1) is 10.3 Å². The molecule has 0 N–H and O–H groups in total. The van der Waals surface area contributed by atoms with E-state index in [-0.39, 0.29) is 15.2 Å². The molecule has 4 nitrogen and oxygen atoms in total. The first-order valence-corrected chi connectivity index (χ1v) is 8.70. The molecular formula is C16H11BrO4S. The summed E-state index contributed by atoms with van der Waals surface area (Å²) in [5.74, 6) is 0. The van der Waals surface area contributed by atoms with E-state index >= 15 is 0 Å². The van der Waals surface area contributed by atoms with Crippen LogP contribution in [0.5, 0.6) is 0 Å². The molecule has 0 saturated carbocycles. The van der Waals surface area contributed by atoms with E-state index in [0.717, 1.165) is 11.8 Å². The van der Waals surface area contributed by atoms with Crippen molar-refractivity contribution in [3.63, 3.8) is 0 Å². The van der Waals surface area contributed by atoms with Crippen LogP contribution in [0, 0.1) is 6.92 Å². The van der Waals surface area contributed by atoms with Crippen LogP contribution in [0.15, 0.2) is 72.2 Å². The van der Waals surface area contributed by atoms with Crippen LogP contribution >= 0.6 is 15.9 Å². The molecule has 1 aromatic heterocycles. The normalized spacial score (nSPS) is 11.7. The van der Waals surface area contributed by atoms with Crippen LogP contribution in [0.3, 0.4) is 0 Å². The molecular weight excluding hydrogens is 368 g/mol. The predicted octanol–water partition coefficient (Wildman–Crippen LogP) is 3.70. The van der Waals surface area contributed by atoms with E-state index in [1.165, 1.54) is 12.1 Å². The zero-order chi connectivity index (χ0) is 15.9. The number of fused-ring (bicyclic) bond motifs is 1. The van der Waals surface area contributed by atoms with E-state index in [9.17, 15) is 13.2 Å². The van der Waals surface area contributed by atoms with Gasteiger partial charge in [-0.3, -0.25) is 4.79 Å². The lowest BCUT2D eigenvalue weighted by Crippen LogP contribution is -2.15. The topological polar surface area (TPSA) is 64.3 Å². The van der Waals surface area contributed by atoms with E-state index in [4.69, 9.17) is 4.42 Å². The minimum Gasteiger partial charge on any atom is -0.463 e. The monoisotopic (exact) mass is 378 g/mol. The fraction of sp³-hybridized carbons (Fsp3) is 0.0625. The molecule has 0 bridgehead atoms. The number of benzene rings is 2. The van der Waals surface area contributed by atoms with Gasteiger partial charge in [0.1, 0.15) is 11.8 Å². The van der Waals surface area contributed by atoms with Crippen LogP contribution in [0.25, 0.3) is 11.0 Å². The number of sulfone groups is 1. The van der Waals surface area contributed by atoms with E-state index in [0.29, 0.717) is 10.1 Å². The molecule has 0 amide bonds. The second-order valence-electron chi connectivity index (χ2n) is 4.89. The second-order valence-corrected chi connectivity index (χ2v) is 7.72. The van der Waals surface area contributed by atoms with Gasteiger partial charge in [-0.2, -0.15) is 0 Å². The molecule has 1 heterocycles. The second kappa shape index (κ2) is 5.37. The molecule has 0 saturated heterocycles. The Kier molecular flexibility index (Phi) is 3.66. The van der Waals surface area contributed by atoms with Gasteiger partial charge in [0.25, 0.3) is 0 Å². The van der Waals surface area contributed by atoms with E-state index in [1.54, 1.807) is 30.3 Å². The third-order valence-electron chi connectivity index (χ3n) is 3.32. The Morgan fingerprint density at radius 3 is 2.41 bits per heavy atom. The molecule has 3 aromatic rings. The van der Waals surface area contributed by atoms with Crippen molar-refractivity contribution in [2.24, 2.45) is 0 Å². The van der Waals surface area contributed by atoms with E-state index in [1.807, 2.05) is 6.92 Å². The molecule has 0 spiro atoms. The molecule has 0 fully saturated rings. The van der Waals surface area contributed by atoms with Crippen LogP contribution in [-0.2, 0) is 9.84 Å². The zero-order valence-corrected chi connectivity index (χ0v) is 13.9. The Morgan fingerprint density at radius 2 is 1.73 bits per heavy atom. The van der Waals surface area contributed by atoms with Crippen molar-refractivity contribution >= 4 is 36.7 Å². The average Bonchev–Trinajstić information content (AvgIpc) is 2.48. The van der Waals surface area contributed by atoms with E-state index < -0.39 is 15.3 Å². The van der Waals surface area contributed by atoms with Gasteiger partial charge in [-0.25, -0.2) is 8.42 Å². The summed E-state index contributed by atoms with van der Waals surface area (Å²) in [5, 5.41) is 0.225. The van der Waals surface area contributed by atoms with Crippen molar-refractivity contribution in [3.8, 4) is 0 Å². The lowest BCUT2D eigenvalue weighted by atomic mass is 10.2. The fourth-order valence-corrected chi connectivity index (χ4v) is 3.75. The van der Waals surface area contributed by atoms with Crippen molar-refractivity contribution in [1.29, 1.82) is 0 Å². The summed E-state index contributed by atoms with van der Waals surface area (Å²) in [6.45, 7) is 1.86. The van der Waals surface area contributed by atoms with Gasteiger partial charge in [0.2, 0.25) is 15.3 Å². The summed E-state index contributed by atoms with van der Waals surface area (Å²) in [5.41, 5.74) is 0.715. The largest absolute Gasteiger partial charge is 0.463 e. The molecule has 0 aliphatic carbocycles. The predicted molar refractivity (Wildman–Crippen MR) is 86.8 cm³/mol. The Morgan fingerprint density at radius 1 is 1.05 bits per heavy atom. The van der Waals surface area contributed by atoms with E-state index in [2.05, 4.69) is 15.9 Å². The minimum absolute atomic E-state index is 0.0692. The summed E-state index contributed by atoms with van der Waals surface area (Å²) in [6, 6.07) is 11.2. The highest BCUT2D eigenvalue weighted by atomic mass is 79.9. The van der Waals surface area contributed by atoms with Crippen molar-refractivity contribution in [3.05, 3.63) is 69.0 Å². The quantitative estimate of drug-likeness (QED) is 0.681. The smallest absolute Gasteiger partial charge is 0.213 e. The maximum atomic E-state index is 12.6. The van der Waals surface area contributed by atoms with Crippen LogP contribution in [0.1, 0.15) is 5.56 Å². The van der Waals surface area contributed by atoms with Gasteiger partial charge >= 0.3 is 0 Å². The third-order valence-corrected chi connectivity index (χ3v) is 5.57. The van der Waals surface area contributed by atoms with Gasteiger partial charge < -0.3 is 4.42 Å². The Hall–Kier alpha value is -1.92. The van der Waals surface area contributed by atoms with Crippen LogP contribution in [0.2, 0.25) is 0 Å². The van der Waals surface area contributed by atoms with Crippen LogP contribution in [0.4, 0.5) is 0 Å². The Balaban J connectivity index is 2.27. The highest BCUT2D eigenvalue weighted by molar-refractivity contribution is 9.10. The standard InChI is InChI=1S/C16H11BrO4S/c1-10-2-5-12(6-3-10)22(19,20)15-9-21-14-7-4-11(17)8-13(14)16(15)18/h2-9H,1H3. The van der Waals surface area contributed by atoms with Gasteiger partial charge in [0.15, 0.2) is 4.90 Å². The number of aryl methyl sites for hydroxylation is 1. The molecule has 0 aliphatic rings. The first-order chi connectivity index (χ1) is 10.4. The first kappa shape index (κ1) is 15.0. The number of hydrogen-bond acceptors (Lipinski definition) is 4. The minimum atomic E-state index is -3.91. The number of halogens is 1. The molecule has 0 aliphatic heterocycles. The summed E-state index contributed by atoms with van der Waals surface area (Å²) >= 11 is 3.26. The average molecular weight is 379 g/mol. The Labute approximate surface area is 135 Å². The highest BCUT2D eigenvalue weighted by Crippen LogP contribution is 2.23. The molecule has 0 atom stereocenters. The third kappa shape index (κ3) is 2.48. The van der Waals surface area contributed by atoms with Gasteiger partial charge in [-0.05, 0) is 37.3 Å². The van der Waals surface area contributed by atoms with Crippen molar-refractivity contribution in [2.45, 2.75) is 16.7 Å². The maximum Gasteiger partial charge on any atom is 0.213 e. The maximum absolute atomic E-state index is 12.6. The highest BCUT2D eigenvalue weighted by Gasteiger charge is 2.23. The molecule has 0 unspecified atom stereocenters. The van der Waals surface area contributed by atoms with Crippen LogP contribution < -0.4 is 5.43 Å². The fourth-order valence-electron chi connectivity index (χ4n) is 2.12. The summed E-state index contributed by atoms with van der Waals surface area (Å²) in [7, 11) is -3.91. The molecule has 0 radical (unpaired) electrons. The molecule has 112 valence electrons. The van der Waals surface area contributed by atoms with Crippen molar-refractivity contribution < 1.29 is 12.8 Å². The van der Waals surface area contributed by atoms with Gasteiger partial charge in [-0.1, -0.05) is 33.6 Å². The molecule has 2 aromatic carbocycles. The summed E-state index contributed by atoms with van der Waals surface area (Å²) in [4.78, 5) is 12.2. The summed E-state index contributed by atoms with van der Waals surface area (Å²) in [6.07, 6.45) is 1.01. The number of rotatable bonds is 2. The molecule has 22 heavy (non-hydrogen) atoms. The molecule has 3 rings (SSSR count). The zero-order valence-electron chi connectivity index (χ0n) is 11.5. The van der Waals surface area contributed by atoms with Crippen LogP contribution in [-0.4, -0.2) is 8.42 Å². The SMILES string of the molecule is Cc1ccc(S(=O)(=O)c2coc3ccc(Br)cc3c2=O)cc1. The number of hydrogen-bond donors (Lipinski definition) is 0. The first-order valence-electron chi connectivity index (χ1n) is 6.42.